The van der Waals surface area contributed by atoms with Gasteiger partial charge in [0, 0.05) is 18.2 Å². The van der Waals surface area contributed by atoms with Crippen molar-refractivity contribution in [2.24, 2.45) is 0 Å². The third-order valence-corrected chi connectivity index (χ3v) is 4.52. The second-order valence-corrected chi connectivity index (χ2v) is 6.71. The van der Waals surface area contributed by atoms with Gasteiger partial charge in [-0.3, -0.25) is 14.9 Å². The summed E-state index contributed by atoms with van der Waals surface area (Å²) < 4.78 is 11.0. The zero-order valence-electron chi connectivity index (χ0n) is 15.8. The van der Waals surface area contributed by atoms with E-state index < -0.39 is 10.9 Å². The molecule has 0 spiro atoms. The highest BCUT2D eigenvalue weighted by atomic mass is 16.6. The Morgan fingerprint density at radius 3 is 2.57 bits per heavy atom. The first-order valence-corrected chi connectivity index (χ1v) is 9.02. The number of carbonyl (C=O) groups is 2. The molecule has 0 aliphatic carbocycles. The highest BCUT2D eigenvalue weighted by Gasteiger charge is 2.28. The lowest BCUT2D eigenvalue weighted by atomic mass is 10.1. The normalized spacial score (nSPS) is 13.6. The van der Waals surface area contributed by atoms with Crippen molar-refractivity contribution in [3.05, 3.63) is 105 Å². The maximum absolute atomic E-state index is 12.6. The van der Waals surface area contributed by atoms with E-state index in [0.29, 0.717) is 16.7 Å². The molecular formula is C23H15NO6. The van der Waals surface area contributed by atoms with Crippen molar-refractivity contribution in [3.8, 4) is 11.5 Å². The van der Waals surface area contributed by atoms with Crippen LogP contribution in [0.3, 0.4) is 0 Å². The molecule has 0 saturated heterocycles. The van der Waals surface area contributed by atoms with E-state index in [9.17, 15) is 19.7 Å². The largest absolute Gasteiger partial charge is 0.452 e. The first kappa shape index (κ1) is 19.1. The van der Waals surface area contributed by atoms with Crippen LogP contribution < -0.4 is 9.47 Å². The lowest BCUT2D eigenvalue weighted by Crippen LogP contribution is -2.08. The Balaban J connectivity index is 1.55. The zero-order valence-corrected chi connectivity index (χ0v) is 15.8. The number of hydrogen-bond donors (Lipinski definition) is 0. The summed E-state index contributed by atoms with van der Waals surface area (Å²) in [7, 11) is 0. The van der Waals surface area contributed by atoms with Crippen LogP contribution in [0.5, 0.6) is 11.5 Å². The number of ether oxygens (including phenoxy) is 2. The highest BCUT2D eigenvalue weighted by molar-refractivity contribution is 6.14. The van der Waals surface area contributed by atoms with Gasteiger partial charge in [0.25, 0.3) is 5.69 Å². The summed E-state index contributed by atoms with van der Waals surface area (Å²) in [4.78, 5) is 35.3. The topological polar surface area (TPSA) is 95.7 Å². The average Bonchev–Trinajstić information content (AvgIpc) is 3.03. The molecule has 0 N–H and O–H groups in total. The van der Waals surface area contributed by atoms with Gasteiger partial charge in [-0.05, 0) is 42.8 Å². The Bertz CT molecular complexity index is 1210. The quantitative estimate of drug-likeness (QED) is 0.206. The third-order valence-electron chi connectivity index (χ3n) is 4.52. The van der Waals surface area contributed by atoms with Gasteiger partial charge in [-0.2, -0.15) is 0 Å². The summed E-state index contributed by atoms with van der Waals surface area (Å²) in [6.07, 6.45) is 1.44. The summed E-state index contributed by atoms with van der Waals surface area (Å²) in [5.74, 6) is -0.346. The number of carbonyl (C=O) groups excluding carboxylic acids is 2. The second kappa shape index (κ2) is 7.63. The van der Waals surface area contributed by atoms with Crippen LogP contribution in [0.15, 0.2) is 72.5 Å². The molecule has 0 atom stereocenters. The third kappa shape index (κ3) is 3.81. The second-order valence-electron chi connectivity index (χ2n) is 6.71. The predicted molar refractivity (Wildman–Crippen MR) is 109 cm³/mol. The highest BCUT2D eigenvalue weighted by Crippen LogP contribution is 2.35. The van der Waals surface area contributed by atoms with Crippen molar-refractivity contribution < 1.29 is 24.0 Å². The molecule has 30 heavy (non-hydrogen) atoms. The van der Waals surface area contributed by atoms with Gasteiger partial charge < -0.3 is 9.47 Å². The first-order valence-electron chi connectivity index (χ1n) is 9.02. The summed E-state index contributed by atoms with van der Waals surface area (Å²) in [6.45, 7) is 1.92. The number of hydrogen-bond acceptors (Lipinski definition) is 6. The molecular weight excluding hydrogens is 386 g/mol. The molecule has 0 bridgehead atoms. The number of allylic oxidation sites excluding steroid dienone is 1. The summed E-state index contributed by atoms with van der Waals surface area (Å²) in [5.41, 5.74) is 2.13. The molecule has 7 heteroatoms. The van der Waals surface area contributed by atoms with Crippen LogP contribution >= 0.6 is 0 Å². The van der Waals surface area contributed by atoms with Crippen molar-refractivity contribution in [3.63, 3.8) is 0 Å². The predicted octanol–water partition coefficient (Wildman–Crippen LogP) is 4.74. The van der Waals surface area contributed by atoms with Crippen molar-refractivity contribution in [1.29, 1.82) is 0 Å². The molecule has 3 aromatic carbocycles. The maximum atomic E-state index is 12.6. The fourth-order valence-electron chi connectivity index (χ4n) is 2.97. The molecule has 0 fully saturated rings. The standard InChI is InChI=1S/C23H15NO6/c1-14-5-7-16(8-6-14)23(26)29-18-9-10-19-20(13-18)30-21(22(19)25)12-15-3-2-4-17(11-15)24(27)28/h2-13H,1H3. The SMILES string of the molecule is Cc1ccc(C(=O)Oc2ccc3c(c2)OC(=Cc2cccc([N+](=O)[O-])c2)C3=O)cc1. The number of esters is 1. The molecule has 0 radical (unpaired) electrons. The first-order chi connectivity index (χ1) is 14.4. The van der Waals surface area contributed by atoms with Crippen molar-refractivity contribution in [2.75, 3.05) is 0 Å². The van der Waals surface area contributed by atoms with E-state index in [1.54, 1.807) is 18.2 Å². The molecule has 4 rings (SSSR count). The molecule has 7 nitrogen and oxygen atoms in total. The number of rotatable bonds is 4. The number of nitro benzene ring substituents is 1. The maximum Gasteiger partial charge on any atom is 0.343 e. The molecule has 148 valence electrons. The number of benzene rings is 3. The van der Waals surface area contributed by atoms with Crippen molar-refractivity contribution in [1.82, 2.24) is 0 Å². The Morgan fingerprint density at radius 2 is 1.83 bits per heavy atom. The van der Waals surface area contributed by atoms with Crippen LogP contribution in [-0.2, 0) is 0 Å². The summed E-state index contributed by atoms with van der Waals surface area (Å²) in [6, 6.07) is 17.3. The van der Waals surface area contributed by atoms with E-state index in [-0.39, 0.29) is 28.7 Å². The Morgan fingerprint density at radius 1 is 1.07 bits per heavy atom. The van der Waals surface area contributed by atoms with Crippen LogP contribution in [0.4, 0.5) is 5.69 Å². The van der Waals surface area contributed by atoms with Gasteiger partial charge in [-0.15, -0.1) is 0 Å². The lowest BCUT2D eigenvalue weighted by Gasteiger charge is -2.06. The summed E-state index contributed by atoms with van der Waals surface area (Å²) >= 11 is 0. The van der Waals surface area contributed by atoms with Gasteiger partial charge in [0.2, 0.25) is 5.78 Å². The number of fused-ring (bicyclic) bond motifs is 1. The van der Waals surface area contributed by atoms with E-state index in [1.165, 1.54) is 42.5 Å². The molecule has 3 aromatic rings. The number of Topliss-reactive ketones (excluding diaryl/α,β-unsaturated/α-hetero) is 1. The Hall–Kier alpha value is -4.26. The van der Waals surface area contributed by atoms with Gasteiger partial charge in [-0.25, -0.2) is 4.79 Å². The molecule has 0 unspecified atom stereocenters. The fourth-order valence-corrected chi connectivity index (χ4v) is 2.97. The van der Waals surface area contributed by atoms with Crippen molar-refractivity contribution in [2.45, 2.75) is 6.92 Å². The zero-order chi connectivity index (χ0) is 21.3. The van der Waals surface area contributed by atoms with Gasteiger partial charge in [0.1, 0.15) is 11.5 Å². The monoisotopic (exact) mass is 401 g/mol. The van der Waals surface area contributed by atoms with Crippen LogP contribution in [0.2, 0.25) is 0 Å². The molecule has 1 aliphatic rings. The van der Waals surface area contributed by atoms with Crippen LogP contribution in [0.25, 0.3) is 6.08 Å². The molecule has 1 heterocycles. The minimum absolute atomic E-state index is 0.0347. The number of non-ortho nitro benzene ring substituents is 1. The van der Waals surface area contributed by atoms with E-state index in [1.807, 2.05) is 19.1 Å². The van der Waals surface area contributed by atoms with Crippen LogP contribution in [0, 0.1) is 17.0 Å². The van der Waals surface area contributed by atoms with Gasteiger partial charge >= 0.3 is 5.97 Å². The number of nitrogens with zero attached hydrogens (tertiary/aromatic N) is 1. The van der Waals surface area contributed by atoms with Crippen LogP contribution in [0.1, 0.15) is 31.8 Å². The Labute approximate surface area is 171 Å². The van der Waals surface area contributed by atoms with Gasteiger partial charge in [-0.1, -0.05) is 29.8 Å². The van der Waals surface area contributed by atoms with E-state index in [2.05, 4.69) is 0 Å². The van der Waals surface area contributed by atoms with E-state index in [0.717, 1.165) is 5.56 Å². The number of ketones is 1. The fraction of sp³-hybridized carbons (Fsp3) is 0.0435. The molecule has 0 amide bonds. The molecule has 1 aliphatic heterocycles. The van der Waals surface area contributed by atoms with E-state index in [4.69, 9.17) is 9.47 Å². The van der Waals surface area contributed by atoms with E-state index >= 15 is 0 Å². The van der Waals surface area contributed by atoms with Gasteiger partial charge in [0.15, 0.2) is 5.76 Å². The van der Waals surface area contributed by atoms with Gasteiger partial charge in [0.05, 0.1) is 16.1 Å². The minimum atomic E-state index is -0.522. The minimum Gasteiger partial charge on any atom is -0.452 e. The molecule has 0 aromatic heterocycles. The summed E-state index contributed by atoms with van der Waals surface area (Å²) in [5, 5.41) is 10.9. The smallest absolute Gasteiger partial charge is 0.343 e. The molecule has 0 saturated carbocycles. The van der Waals surface area contributed by atoms with Crippen molar-refractivity contribution >= 4 is 23.5 Å². The Kier molecular flexibility index (Phi) is 4.85. The van der Waals surface area contributed by atoms with Crippen LogP contribution in [-0.4, -0.2) is 16.7 Å². The average molecular weight is 401 g/mol. The lowest BCUT2D eigenvalue weighted by molar-refractivity contribution is -0.384. The number of nitro groups is 1. The number of aryl methyl sites for hydroxylation is 1.